The van der Waals surface area contributed by atoms with Crippen molar-refractivity contribution in [1.82, 2.24) is 0 Å². The molecule has 1 fully saturated rings. The van der Waals surface area contributed by atoms with Crippen LogP contribution in [0.25, 0.3) is 0 Å². The van der Waals surface area contributed by atoms with Crippen molar-refractivity contribution in [3.63, 3.8) is 0 Å². The zero-order valence-corrected chi connectivity index (χ0v) is 10.3. The van der Waals surface area contributed by atoms with Gasteiger partial charge in [0.25, 0.3) is 0 Å². The average Bonchev–Trinajstić information content (AvgIpc) is 2.88. The van der Waals surface area contributed by atoms with Crippen molar-refractivity contribution in [2.45, 2.75) is 31.8 Å². The smallest absolute Gasteiger partial charge is 0.339 e. The number of carboxylic acid groups (broad SMARTS) is 1. The van der Waals surface area contributed by atoms with E-state index in [4.69, 9.17) is 14.6 Å². The fourth-order valence-electron chi connectivity index (χ4n) is 2.19. The quantitative estimate of drug-likeness (QED) is 0.789. The van der Waals surface area contributed by atoms with Crippen LogP contribution in [0.5, 0.6) is 5.75 Å². The van der Waals surface area contributed by atoms with Gasteiger partial charge in [-0.15, -0.1) is 0 Å². The molecule has 4 nitrogen and oxygen atoms in total. The van der Waals surface area contributed by atoms with Gasteiger partial charge in [-0.3, -0.25) is 0 Å². The van der Waals surface area contributed by atoms with Gasteiger partial charge in [-0.1, -0.05) is 25.0 Å². The van der Waals surface area contributed by atoms with Crippen molar-refractivity contribution in [2.75, 3.05) is 13.2 Å². The maximum absolute atomic E-state index is 11.0. The van der Waals surface area contributed by atoms with Crippen molar-refractivity contribution >= 4 is 5.97 Å². The zero-order valence-electron chi connectivity index (χ0n) is 10.3. The highest BCUT2D eigenvalue weighted by molar-refractivity contribution is 5.90. The molecule has 0 bridgehead atoms. The molecule has 1 aliphatic rings. The molecule has 0 spiro atoms. The van der Waals surface area contributed by atoms with E-state index >= 15 is 0 Å². The first kappa shape index (κ1) is 12.9. The van der Waals surface area contributed by atoms with Crippen molar-refractivity contribution in [2.24, 2.45) is 0 Å². The summed E-state index contributed by atoms with van der Waals surface area (Å²) < 4.78 is 11.1. The Morgan fingerprint density at radius 1 is 1.22 bits per heavy atom. The molecule has 0 heterocycles. The average molecular weight is 250 g/mol. The third-order valence-electron chi connectivity index (χ3n) is 3.11. The maximum atomic E-state index is 11.0. The third-order valence-corrected chi connectivity index (χ3v) is 3.11. The Morgan fingerprint density at radius 2 is 1.94 bits per heavy atom. The molecule has 18 heavy (non-hydrogen) atoms. The molecule has 0 aliphatic heterocycles. The van der Waals surface area contributed by atoms with Crippen LogP contribution in [0.15, 0.2) is 24.3 Å². The van der Waals surface area contributed by atoms with Crippen LogP contribution in [0, 0.1) is 0 Å². The van der Waals surface area contributed by atoms with E-state index in [1.165, 1.54) is 18.9 Å². The summed E-state index contributed by atoms with van der Waals surface area (Å²) in [7, 11) is 0. The SMILES string of the molecule is O=C(O)c1ccccc1OCCOC1CCCC1. The predicted octanol–water partition coefficient (Wildman–Crippen LogP) is 2.72. The molecule has 0 atom stereocenters. The number of rotatable bonds is 6. The Morgan fingerprint density at radius 3 is 2.67 bits per heavy atom. The number of aromatic carboxylic acids is 1. The second kappa shape index (κ2) is 6.40. The van der Waals surface area contributed by atoms with Crippen LogP contribution in [-0.4, -0.2) is 30.4 Å². The number of hydrogen-bond donors (Lipinski definition) is 1. The number of hydrogen-bond acceptors (Lipinski definition) is 3. The minimum atomic E-state index is -0.970. The lowest BCUT2D eigenvalue weighted by molar-refractivity contribution is 0.0376. The second-order valence-electron chi connectivity index (χ2n) is 4.43. The first-order valence-corrected chi connectivity index (χ1v) is 6.34. The molecule has 0 amide bonds. The van der Waals surface area contributed by atoms with Gasteiger partial charge >= 0.3 is 5.97 Å². The summed E-state index contributed by atoms with van der Waals surface area (Å²) in [5, 5.41) is 8.98. The van der Waals surface area contributed by atoms with E-state index in [1.807, 2.05) is 0 Å². The zero-order chi connectivity index (χ0) is 12.8. The molecule has 0 unspecified atom stereocenters. The van der Waals surface area contributed by atoms with Crippen LogP contribution in [0.1, 0.15) is 36.0 Å². The largest absolute Gasteiger partial charge is 0.490 e. The lowest BCUT2D eigenvalue weighted by atomic mass is 10.2. The standard InChI is InChI=1S/C14H18O4/c15-14(16)12-7-3-4-8-13(12)18-10-9-17-11-5-1-2-6-11/h3-4,7-8,11H,1-2,5-6,9-10H2,(H,15,16). The van der Waals surface area contributed by atoms with Crippen LogP contribution in [0.2, 0.25) is 0 Å². The summed E-state index contributed by atoms with van der Waals surface area (Å²) in [6, 6.07) is 6.65. The highest BCUT2D eigenvalue weighted by Crippen LogP contribution is 2.21. The second-order valence-corrected chi connectivity index (χ2v) is 4.43. The van der Waals surface area contributed by atoms with Gasteiger partial charge < -0.3 is 14.6 Å². The topological polar surface area (TPSA) is 55.8 Å². The van der Waals surface area contributed by atoms with Crippen molar-refractivity contribution < 1.29 is 19.4 Å². The number of benzene rings is 1. The fraction of sp³-hybridized carbons (Fsp3) is 0.500. The van der Waals surface area contributed by atoms with Gasteiger partial charge in [0.15, 0.2) is 0 Å². The lowest BCUT2D eigenvalue weighted by Crippen LogP contribution is -2.14. The van der Waals surface area contributed by atoms with Gasteiger partial charge in [-0.25, -0.2) is 4.79 Å². The number of carboxylic acids is 1. The Hall–Kier alpha value is -1.55. The van der Waals surface area contributed by atoms with Gasteiger partial charge in [0.2, 0.25) is 0 Å². The Kier molecular flexibility index (Phi) is 4.59. The normalized spacial score (nSPS) is 15.8. The van der Waals surface area contributed by atoms with E-state index < -0.39 is 5.97 Å². The summed E-state index contributed by atoms with van der Waals surface area (Å²) in [5.41, 5.74) is 0.193. The van der Waals surface area contributed by atoms with E-state index in [-0.39, 0.29) is 5.56 Å². The van der Waals surface area contributed by atoms with Gasteiger partial charge in [-0.05, 0) is 25.0 Å². The van der Waals surface area contributed by atoms with Gasteiger partial charge in [0.1, 0.15) is 17.9 Å². The molecule has 1 aliphatic carbocycles. The predicted molar refractivity (Wildman–Crippen MR) is 67.1 cm³/mol. The molecule has 1 aromatic carbocycles. The summed E-state index contributed by atoms with van der Waals surface area (Å²) >= 11 is 0. The van der Waals surface area contributed by atoms with Crippen LogP contribution in [0.4, 0.5) is 0 Å². The van der Waals surface area contributed by atoms with Gasteiger partial charge in [0.05, 0.1) is 12.7 Å². The van der Waals surface area contributed by atoms with Gasteiger partial charge in [0, 0.05) is 0 Å². The summed E-state index contributed by atoms with van der Waals surface area (Å²) in [4.78, 5) is 11.0. The van der Waals surface area contributed by atoms with Crippen molar-refractivity contribution in [1.29, 1.82) is 0 Å². The summed E-state index contributed by atoms with van der Waals surface area (Å²) in [5.74, 6) is -0.567. The highest BCUT2D eigenvalue weighted by Gasteiger charge is 2.15. The van der Waals surface area contributed by atoms with Crippen LogP contribution in [0.3, 0.4) is 0 Å². The molecule has 0 aromatic heterocycles. The Labute approximate surface area is 107 Å². The van der Waals surface area contributed by atoms with E-state index in [0.29, 0.717) is 25.1 Å². The number of carbonyl (C=O) groups is 1. The molecule has 1 aromatic rings. The third kappa shape index (κ3) is 3.47. The highest BCUT2D eigenvalue weighted by atomic mass is 16.5. The maximum Gasteiger partial charge on any atom is 0.339 e. The molecular weight excluding hydrogens is 232 g/mol. The van der Waals surface area contributed by atoms with Crippen LogP contribution >= 0.6 is 0 Å². The Bertz CT molecular complexity index is 397. The van der Waals surface area contributed by atoms with Gasteiger partial charge in [-0.2, -0.15) is 0 Å². The minimum absolute atomic E-state index is 0.193. The molecule has 0 saturated heterocycles. The lowest BCUT2D eigenvalue weighted by Gasteiger charge is -2.12. The first-order chi connectivity index (χ1) is 8.77. The molecule has 4 heteroatoms. The summed E-state index contributed by atoms with van der Waals surface area (Å²) in [6.07, 6.45) is 5.11. The van der Waals surface area contributed by atoms with E-state index in [2.05, 4.69) is 0 Å². The van der Waals surface area contributed by atoms with E-state index in [0.717, 1.165) is 12.8 Å². The molecule has 0 radical (unpaired) electrons. The number of ether oxygens (including phenoxy) is 2. The molecule has 98 valence electrons. The van der Waals surface area contributed by atoms with E-state index in [1.54, 1.807) is 18.2 Å². The van der Waals surface area contributed by atoms with Crippen molar-refractivity contribution in [3.8, 4) is 5.75 Å². The molecule has 1 N–H and O–H groups in total. The van der Waals surface area contributed by atoms with Crippen LogP contribution < -0.4 is 4.74 Å². The number of para-hydroxylation sites is 1. The molecular formula is C14H18O4. The fourth-order valence-corrected chi connectivity index (χ4v) is 2.19. The Balaban J connectivity index is 1.77. The minimum Gasteiger partial charge on any atom is -0.490 e. The summed E-state index contributed by atoms with van der Waals surface area (Å²) in [6.45, 7) is 0.902. The first-order valence-electron chi connectivity index (χ1n) is 6.34. The molecule has 1 saturated carbocycles. The van der Waals surface area contributed by atoms with Crippen LogP contribution in [-0.2, 0) is 4.74 Å². The van der Waals surface area contributed by atoms with Crippen molar-refractivity contribution in [3.05, 3.63) is 29.8 Å². The van der Waals surface area contributed by atoms with E-state index in [9.17, 15) is 4.79 Å². The monoisotopic (exact) mass is 250 g/mol. The molecule has 2 rings (SSSR count).